The molecule has 0 bridgehead atoms. The highest BCUT2D eigenvalue weighted by atomic mass is 15.3. The van der Waals surface area contributed by atoms with Crippen LogP contribution < -0.4 is 21.7 Å². The van der Waals surface area contributed by atoms with Crippen LogP contribution in [-0.2, 0) is 0 Å². The van der Waals surface area contributed by atoms with E-state index in [0.717, 1.165) is 51.6 Å². The van der Waals surface area contributed by atoms with E-state index >= 15 is 0 Å². The van der Waals surface area contributed by atoms with Crippen molar-refractivity contribution in [2.45, 2.75) is 103 Å². The summed E-state index contributed by atoms with van der Waals surface area (Å²) in [7, 11) is 0. The summed E-state index contributed by atoms with van der Waals surface area (Å²) >= 11 is 0. The Hall–Kier alpha value is -1.65. The molecule has 9 heteroatoms. The standard InChI is InChI=1S/C33H65N9/c1-6-11-32(42-19-9-7-8-10-20-42)38-33(34)37-18-27-39(25-16-35-30-12-21-40(22-13-30)28(2)3)26-17-36-31-14-23-41(24-15-31)29(4)5/h6,11,28-31,35-36H,1,7-10,12-27H2,2-5H3,(H3,34,37,38)/b32-11+. The zero-order valence-corrected chi connectivity index (χ0v) is 27.6. The zero-order valence-electron chi connectivity index (χ0n) is 27.6. The second-order valence-electron chi connectivity index (χ2n) is 13.1. The molecule has 0 aromatic heterocycles. The molecule has 3 aliphatic rings. The smallest absolute Gasteiger partial charge is 0.194 e. The summed E-state index contributed by atoms with van der Waals surface area (Å²) in [4.78, 5) is 14.9. The maximum absolute atomic E-state index is 6.38. The van der Waals surface area contributed by atoms with Crippen LogP contribution in [0.5, 0.6) is 0 Å². The van der Waals surface area contributed by atoms with Gasteiger partial charge in [0.25, 0.3) is 0 Å². The normalized spacial score (nSPS) is 21.5. The molecule has 9 nitrogen and oxygen atoms in total. The summed E-state index contributed by atoms with van der Waals surface area (Å²) in [5.41, 5.74) is 6.38. The fourth-order valence-corrected chi connectivity index (χ4v) is 6.56. The number of rotatable bonds is 16. The molecular weight excluding hydrogens is 522 g/mol. The van der Waals surface area contributed by atoms with Crippen LogP contribution in [0.3, 0.4) is 0 Å². The van der Waals surface area contributed by atoms with Crippen LogP contribution in [0.2, 0.25) is 0 Å². The van der Waals surface area contributed by atoms with Crippen LogP contribution >= 0.6 is 0 Å². The van der Waals surface area contributed by atoms with Gasteiger partial charge in [0.2, 0.25) is 0 Å². The molecule has 3 saturated heterocycles. The highest BCUT2D eigenvalue weighted by Crippen LogP contribution is 2.15. The van der Waals surface area contributed by atoms with Gasteiger partial charge in [-0.05, 0) is 98.5 Å². The van der Waals surface area contributed by atoms with Crippen molar-refractivity contribution in [3.05, 3.63) is 24.6 Å². The van der Waals surface area contributed by atoms with E-state index in [0.29, 0.717) is 36.7 Å². The number of allylic oxidation sites excluding steroid dienone is 2. The van der Waals surface area contributed by atoms with Crippen molar-refractivity contribution >= 4 is 5.96 Å². The number of nitrogens with zero attached hydrogens (tertiary/aromatic N) is 5. The lowest BCUT2D eigenvalue weighted by Crippen LogP contribution is -2.48. The van der Waals surface area contributed by atoms with Gasteiger partial charge in [0.05, 0.1) is 6.54 Å². The van der Waals surface area contributed by atoms with Crippen molar-refractivity contribution in [2.24, 2.45) is 10.7 Å². The molecule has 3 aliphatic heterocycles. The van der Waals surface area contributed by atoms with Gasteiger partial charge >= 0.3 is 0 Å². The molecule has 3 heterocycles. The van der Waals surface area contributed by atoms with Gasteiger partial charge in [-0.2, -0.15) is 0 Å². The third-order valence-electron chi connectivity index (χ3n) is 9.42. The van der Waals surface area contributed by atoms with Crippen LogP contribution in [0.1, 0.15) is 79.1 Å². The molecule has 242 valence electrons. The number of guanidine groups is 1. The molecule has 0 aromatic carbocycles. The fraction of sp³-hybridized carbons (Fsp3) is 0.848. The van der Waals surface area contributed by atoms with E-state index in [1.165, 1.54) is 77.5 Å². The van der Waals surface area contributed by atoms with Crippen LogP contribution in [0.4, 0.5) is 0 Å². The van der Waals surface area contributed by atoms with Gasteiger partial charge in [-0.3, -0.25) is 9.89 Å². The van der Waals surface area contributed by atoms with E-state index < -0.39 is 0 Å². The van der Waals surface area contributed by atoms with Gasteiger partial charge in [-0.1, -0.05) is 25.5 Å². The predicted octanol–water partition coefficient (Wildman–Crippen LogP) is 3.02. The first-order valence-corrected chi connectivity index (χ1v) is 17.2. The first-order valence-electron chi connectivity index (χ1n) is 17.2. The Labute approximate surface area is 258 Å². The van der Waals surface area contributed by atoms with Crippen molar-refractivity contribution in [1.82, 2.24) is 35.6 Å². The average molecular weight is 588 g/mol. The lowest BCUT2D eigenvalue weighted by Gasteiger charge is -2.36. The number of aliphatic imine (C=N–C) groups is 1. The summed E-state index contributed by atoms with van der Waals surface area (Å²) in [5, 5.41) is 11.1. The van der Waals surface area contributed by atoms with Crippen LogP contribution in [0.25, 0.3) is 0 Å². The molecule has 0 radical (unpaired) electrons. The molecule has 0 spiro atoms. The summed E-state index contributed by atoms with van der Waals surface area (Å²) < 4.78 is 0. The lowest BCUT2D eigenvalue weighted by atomic mass is 10.0. The maximum Gasteiger partial charge on any atom is 0.194 e. The Morgan fingerprint density at radius 3 is 1.76 bits per heavy atom. The summed E-state index contributed by atoms with van der Waals surface area (Å²) in [5.74, 6) is 1.52. The number of likely N-dealkylation sites (tertiary alicyclic amines) is 3. The van der Waals surface area contributed by atoms with Gasteiger partial charge in [0, 0.05) is 70.0 Å². The van der Waals surface area contributed by atoms with Crippen molar-refractivity contribution in [3.8, 4) is 0 Å². The highest BCUT2D eigenvalue weighted by molar-refractivity contribution is 5.79. The van der Waals surface area contributed by atoms with Crippen LogP contribution in [-0.4, -0.2) is 128 Å². The molecule has 0 unspecified atom stereocenters. The summed E-state index contributed by atoms with van der Waals surface area (Å²) in [6.07, 6.45) is 13.9. The van der Waals surface area contributed by atoms with Crippen molar-refractivity contribution in [1.29, 1.82) is 0 Å². The SMILES string of the molecule is C=C/C=C(\NC(N)=NCCN(CCNC1CCN(C(C)C)CC1)CCNC1CCN(C(C)C)CC1)N1CCCCCC1. The number of hydrogen-bond acceptors (Lipinski definition) is 7. The Morgan fingerprint density at radius 2 is 1.31 bits per heavy atom. The van der Waals surface area contributed by atoms with E-state index in [-0.39, 0.29) is 0 Å². The average Bonchev–Trinajstić information content (AvgIpc) is 3.27. The van der Waals surface area contributed by atoms with E-state index in [4.69, 9.17) is 10.7 Å². The zero-order chi connectivity index (χ0) is 30.2. The summed E-state index contributed by atoms with van der Waals surface area (Å²) in [6.45, 7) is 25.8. The van der Waals surface area contributed by atoms with Gasteiger partial charge in [0.1, 0.15) is 5.82 Å². The third kappa shape index (κ3) is 12.9. The quantitative estimate of drug-likeness (QED) is 0.125. The van der Waals surface area contributed by atoms with Crippen molar-refractivity contribution in [3.63, 3.8) is 0 Å². The number of piperidine rings is 2. The van der Waals surface area contributed by atoms with E-state index in [2.05, 4.69) is 69.8 Å². The molecule has 0 atom stereocenters. The molecule has 0 saturated carbocycles. The van der Waals surface area contributed by atoms with Crippen molar-refractivity contribution in [2.75, 3.05) is 78.5 Å². The Morgan fingerprint density at radius 1 is 0.810 bits per heavy atom. The van der Waals surface area contributed by atoms with E-state index in [1.54, 1.807) is 0 Å². The predicted molar refractivity (Wildman–Crippen MR) is 180 cm³/mol. The largest absolute Gasteiger partial charge is 0.370 e. The lowest BCUT2D eigenvalue weighted by molar-refractivity contribution is 0.156. The molecule has 3 fully saturated rings. The van der Waals surface area contributed by atoms with Crippen LogP contribution in [0, 0.1) is 0 Å². The van der Waals surface area contributed by atoms with E-state index in [1.807, 2.05) is 12.2 Å². The molecule has 0 aliphatic carbocycles. The molecule has 5 N–H and O–H groups in total. The highest BCUT2D eigenvalue weighted by Gasteiger charge is 2.22. The molecule has 3 rings (SSSR count). The minimum atomic E-state index is 0.498. The number of hydrogen-bond donors (Lipinski definition) is 4. The Kier molecular flexibility index (Phi) is 16.2. The number of nitrogens with one attached hydrogen (secondary N) is 3. The molecule has 42 heavy (non-hydrogen) atoms. The van der Waals surface area contributed by atoms with Crippen LogP contribution in [0.15, 0.2) is 29.5 Å². The Balaban J connectivity index is 1.46. The topological polar surface area (TPSA) is 87.4 Å². The summed E-state index contributed by atoms with van der Waals surface area (Å²) in [6, 6.07) is 2.58. The molecule has 0 amide bonds. The monoisotopic (exact) mass is 588 g/mol. The second kappa shape index (κ2) is 19.6. The van der Waals surface area contributed by atoms with Crippen molar-refractivity contribution < 1.29 is 0 Å². The third-order valence-corrected chi connectivity index (χ3v) is 9.42. The van der Waals surface area contributed by atoms with Gasteiger partial charge < -0.3 is 36.4 Å². The minimum Gasteiger partial charge on any atom is -0.370 e. The fourth-order valence-electron chi connectivity index (χ4n) is 6.56. The van der Waals surface area contributed by atoms with Gasteiger partial charge in [-0.15, -0.1) is 0 Å². The molecular formula is C33H65N9. The number of nitrogens with two attached hydrogens (primary N) is 1. The van der Waals surface area contributed by atoms with Gasteiger partial charge in [0.15, 0.2) is 5.96 Å². The first kappa shape index (κ1) is 34.8. The maximum atomic E-state index is 6.38. The first-order chi connectivity index (χ1) is 20.4. The Bertz CT molecular complexity index is 753. The minimum absolute atomic E-state index is 0.498. The molecule has 0 aromatic rings. The van der Waals surface area contributed by atoms with Gasteiger partial charge in [-0.25, -0.2) is 0 Å². The second-order valence-corrected chi connectivity index (χ2v) is 13.1. The van der Waals surface area contributed by atoms with E-state index in [9.17, 15) is 0 Å².